The molecule has 3 heterocycles. The van der Waals surface area contributed by atoms with Crippen molar-refractivity contribution < 1.29 is 8.98 Å². The maximum atomic E-state index is 5.81. The number of nitrogen functional groups attached to an aromatic ring is 1. The van der Waals surface area contributed by atoms with Crippen molar-refractivity contribution in [3.8, 4) is 11.6 Å². The predicted molar refractivity (Wildman–Crippen MR) is 77.8 cm³/mol. The van der Waals surface area contributed by atoms with Crippen LogP contribution in [0.1, 0.15) is 11.5 Å². The van der Waals surface area contributed by atoms with Gasteiger partial charge in [-0.05, 0) is 22.0 Å². The Kier molecular flexibility index (Phi) is 3.13. The third-order valence-corrected chi connectivity index (χ3v) is 3.71. The lowest BCUT2D eigenvalue weighted by atomic mass is 10.3. The Morgan fingerprint density at radius 1 is 1.55 bits per heavy atom. The summed E-state index contributed by atoms with van der Waals surface area (Å²) in [6.45, 7) is 0. The van der Waals surface area contributed by atoms with Gasteiger partial charge in [0.15, 0.2) is 0 Å². The molecule has 6 nitrogen and oxygen atoms in total. The van der Waals surface area contributed by atoms with Gasteiger partial charge in [-0.2, -0.15) is 0 Å². The van der Waals surface area contributed by atoms with E-state index in [0.717, 1.165) is 21.6 Å². The first-order valence-electron chi connectivity index (χ1n) is 6.13. The van der Waals surface area contributed by atoms with Gasteiger partial charge in [0.2, 0.25) is 5.89 Å². The maximum absolute atomic E-state index is 5.81. The van der Waals surface area contributed by atoms with Crippen molar-refractivity contribution >= 4 is 21.9 Å². The molecule has 0 unspecified atom stereocenters. The summed E-state index contributed by atoms with van der Waals surface area (Å²) in [6, 6.07) is 1.98. The summed E-state index contributed by atoms with van der Waals surface area (Å²) in [5.74, 6) is 2.03. The fourth-order valence-electron chi connectivity index (χ4n) is 2.10. The highest BCUT2D eigenvalue weighted by Gasteiger charge is 2.15. The molecule has 0 aliphatic carbocycles. The summed E-state index contributed by atoms with van der Waals surface area (Å²) in [5.41, 5.74) is 7.74. The number of aryl methyl sites for hydroxylation is 1. The predicted octanol–water partition coefficient (Wildman–Crippen LogP) is 1.77. The van der Waals surface area contributed by atoms with Crippen molar-refractivity contribution in [3.05, 3.63) is 40.6 Å². The van der Waals surface area contributed by atoms with E-state index >= 15 is 0 Å². The Hall–Kier alpha value is -2.02. The second kappa shape index (κ2) is 4.82. The van der Waals surface area contributed by atoms with Crippen LogP contribution in [0.2, 0.25) is 0 Å². The maximum Gasteiger partial charge on any atom is 0.352 e. The molecule has 104 valence electrons. The molecule has 3 aromatic rings. The Morgan fingerprint density at radius 2 is 2.35 bits per heavy atom. The molecule has 0 atom stereocenters. The van der Waals surface area contributed by atoms with Crippen LogP contribution in [0.3, 0.4) is 0 Å². The Morgan fingerprint density at radius 3 is 2.95 bits per heavy atom. The van der Waals surface area contributed by atoms with Crippen LogP contribution in [0, 0.1) is 0 Å². The van der Waals surface area contributed by atoms with Crippen LogP contribution in [0.15, 0.2) is 33.5 Å². The second-order valence-corrected chi connectivity index (χ2v) is 5.60. The van der Waals surface area contributed by atoms with Gasteiger partial charge in [-0.3, -0.25) is 5.73 Å². The smallest absolute Gasteiger partial charge is 0.352 e. The molecular formula is C13H15BrN5O+. The zero-order chi connectivity index (χ0) is 14.3. The number of hydrogen-bond donors (Lipinski definition) is 2. The van der Waals surface area contributed by atoms with Gasteiger partial charge >= 0.3 is 5.95 Å². The number of nitrogens with one attached hydrogen (secondary N) is 1. The third-order valence-electron chi connectivity index (χ3n) is 3.28. The Labute approximate surface area is 124 Å². The number of oxazole rings is 1. The number of H-pyrrole nitrogens is 1. The second-order valence-electron chi connectivity index (χ2n) is 4.69. The molecule has 0 saturated carbocycles. The van der Waals surface area contributed by atoms with E-state index in [1.807, 2.05) is 41.7 Å². The molecule has 3 N–H and O–H groups in total. The molecule has 0 spiro atoms. The minimum absolute atomic E-state index is 0.611. The van der Waals surface area contributed by atoms with Gasteiger partial charge in [-0.15, -0.1) is 0 Å². The number of hydrogen-bond acceptors (Lipinski definition) is 3. The average molecular weight is 337 g/mol. The van der Waals surface area contributed by atoms with Gasteiger partial charge in [-0.25, -0.2) is 14.5 Å². The lowest BCUT2D eigenvalue weighted by molar-refractivity contribution is -0.662. The van der Waals surface area contributed by atoms with Gasteiger partial charge < -0.3 is 8.98 Å². The van der Waals surface area contributed by atoms with Crippen molar-refractivity contribution in [2.45, 2.75) is 6.42 Å². The molecule has 0 bridgehead atoms. The van der Waals surface area contributed by atoms with E-state index in [0.29, 0.717) is 18.3 Å². The van der Waals surface area contributed by atoms with Crippen molar-refractivity contribution in [3.63, 3.8) is 0 Å². The molecule has 20 heavy (non-hydrogen) atoms. The molecule has 7 heteroatoms. The van der Waals surface area contributed by atoms with Gasteiger partial charge in [0.05, 0.1) is 25.9 Å². The molecule has 0 radical (unpaired) electrons. The zero-order valence-electron chi connectivity index (χ0n) is 11.2. The molecular weight excluding hydrogens is 322 g/mol. The van der Waals surface area contributed by atoms with E-state index in [9.17, 15) is 0 Å². The van der Waals surface area contributed by atoms with Crippen LogP contribution in [-0.4, -0.2) is 14.5 Å². The lowest BCUT2D eigenvalue weighted by Crippen LogP contribution is -2.34. The minimum atomic E-state index is 0.611. The Balaban J connectivity index is 1.87. The first-order valence-corrected chi connectivity index (χ1v) is 6.92. The Bertz CT molecular complexity index is 755. The molecule has 0 aliphatic rings. The van der Waals surface area contributed by atoms with E-state index in [1.54, 1.807) is 6.20 Å². The summed E-state index contributed by atoms with van der Waals surface area (Å²) in [6.07, 6.45) is 6.23. The molecule has 0 aromatic carbocycles. The van der Waals surface area contributed by atoms with Gasteiger partial charge in [0.25, 0.3) is 0 Å². The van der Waals surface area contributed by atoms with Crippen molar-refractivity contribution in [2.24, 2.45) is 14.1 Å². The van der Waals surface area contributed by atoms with Crippen molar-refractivity contribution in [2.75, 3.05) is 5.73 Å². The van der Waals surface area contributed by atoms with E-state index < -0.39 is 0 Å². The van der Waals surface area contributed by atoms with E-state index in [1.165, 1.54) is 0 Å². The number of rotatable bonds is 3. The fourth-order valence-corrected chi connectivity index (χ4v) is 2.62. The van der Waals surface area contributed by atoms with Crippen LogP contribution in [-0.2, 0) is 20.5 Å². The number of halogens is 1. The largest absolute Gasteiger partial charge is 0.439 e. The topological polar surface area (TPSA) is 76.7 Å². The summed E-state index contributed by atoms with van der Waals surface area (Å²) in [4.78, 5) is 7.31. The van der Waals surface area contributed by atoms with Crippen LogP contribution < -0.4 is 10.3 Å². The summed E-state index contributed by atoms with van der Waals surface area (Å²) in [7, 11) is 3.86. The highest BCUT2D eigenvalue weighted by atomic mass is 79.9. The standard InChI is InChI=1S/C13H14BrN5O/c1-18-7-8(14)3-11(18)12-16-6-10(20-12)4-9-5-17-13(15)19(9)2/h3,5-7H,4H2,1-2H3,(H2,15,17)/p+1. The quantitative estimate of drug-likeness (QED) is 0.715. The van der Waals surface area contributed by atoms with Gasteiger partial charge in [0.1, 0.15) is 17.1 Å². The normalized spacial score (nSPS) is 11.2. The number of anilines is 1. The molecule has 0 saturated heterocycles. The number of nitrogens with zero attached hydrogens (tertiary/aromatic N) is 3. The SMILES string of the molecule is Cn1cc(Br)cc1-c1ncc(Cc2c[nH]c(N)[n+]2C)o1. The first-order chi connectivity index (χ1) is 9.54. The molecule has 3 rings (SSSR count). The number of aromatic nitrogens is 4. The third kappa shape index (κ3) is 2.24. The summed E-state index contributed by atoms with van der Waals surface area (Å²) < 4.78 is 10.7. The molecule has 0 aliphatic heterocycles. The highest BCUT2D eigenvalue weighted by Crippen LogP contribution is 2.24. The molecule has 0 amide bonds. The van der Waals surface area contributed by atoms with Crippen LogP contribution in [0.5, 0.6) is 0 Å². The van der Waals surface area contributed by atoms with E-state index in [2.05, 4.69) is 25.9 Å². The van der Waals surface area contributed by atoms with E-state index in [4.69, 9.17) is 10.2 Å². The number of imidazole rings is 1. The summed E-state index contributed by atoms with van der Waals surface area (Å²) >= 11 is 3.44. The summed E-state index contributed by atoms with van der Waals surface area (Å²) in [5, 5.41) is 0. The average Bonchev–Trinajstić information content (AvgIpc) is 3.06. The van der Waals surface area contributed by atoms with Crippen LogP contribution >= 0.6 is 15.9 Å². The van der Waals surface area contributed by atoms with Crippen LogP contribution in [0.4, 0.5) is 5.95 Å². The fraction of sp³-hybridized carbons (Fsp3) is 0.231. The molecule has 0 fully saturated rings. The molecule has 3 aromatic heterocycles. The van der Waals surface area contributed by atoms with Crippen LogP contribution in [0.25, 0.3) is 11.6 Å². The van der Waals surface area contributed by atoms with E-state index in [-0.39, 0.29) is 0 Å². The van der Waals surface area contributed by atoms with Crippen molar-refractivity contribution in [1.82, 2.24) is 14.5 Å². The number of aromatic amines is 1. The monoisotopic (exact) mass is 336 g/mol. The minimum Gasteiger partial charge on any atom is -0.439 e. The van der Waals surface area contributed by atoms with Gasteiger partial charge in [-0.1, -0.05) is 0 Å². The lowest BCUT2D eigenvalue weighted by Gasteiger charge is -1.97. The number of nitrogens with two attached hydrogens (primary N) is 1. The van der Waals surface area contributed by atoms with Gasteiger partial charge in [0, 0.05) is 17.7 Å². The zero-order valence-corrected chi connectivity index (χ0v) is 12.8. The highest BCUT2D eigenvalue weighted by molar-refractivity contribution is 9.10. The first kappa shape index (κ1) is 13.0. The van der Waals surface area contributed by atoms with Crippen molar-refractivity contribution in [1.29, 1.82) is 0 Å².